The Kier molecular flexibility index (Phi) is 9.19. The fourth-order valence-corrected chi connectivity index (χ4v) is 3.80. The van der Waals surface area contributed by atoms with Gasteiger partial charge in [-0.2, -0.15) is 0 Å². The summed E-state index contributed by atoms with van der Waals surface area (Å²) < 4.78 is 0. The highest BCUT2D eigenvalue weighted by Crippen LogP contribution is 2.29. The molecule has 3 rings (SSSR count). The van der Waals surface area contributed by atoms with Crippen molar-refractivity contribution in [2.45, 2.75) is 58.3 Å². The third-order valence-electron chi connectivity index (χ3n) is 5.35. The van der Waals surface area contributed by atoms with E-state index in [9.17, 15) is 0 Å². The van der Waals surface area contributed by atoms with Gasteiger partial charge in [0.25, 0.3) is 0 Å². The third kappa shape index (κ3) is 6.85. The van der Waals surface area contributed by atoms with Crippen molar-refractivity contribution in [1.82, 2.24) is 16.3 Å². The number of thiocarbonyl (C=S) groups is 1. The van der Waals surface area contributed by atoms with Crippen molar-refractivity contribution >= 4 is 38.9 Å². The van der Waals surface area contributed by atoms with E-state index >= 15 is 0 Å². The number of rotatable bonds is 12. The predicted molar refractivity (Wildman–Crippen MR) is 132 cm³/mol. The number of nitrogens with one attached hydrogen (secondary N) is 3. The summed E-state index contributed by atoms with van der Waals surface area (Å²) in [5.41, 5.74) is 5.68. The molecule has 4 nitrogen and oxygen atoms in total. The average molecular weight is 424 g/mol. The average Bonchev–Trinajstić information content (AvgIpc) is 2.77. The third-order valence-corrected chi connectivity index (χ3v) is 5.59. The second kappa shape index (κ2) is 12.4. The first-order valence-corrected chi connectivity index (χ1v) is 11.6. The van der Waals surface area contributed by atoms with Crippen LogP contribution in [-0.2, 0) is 0 Å². The van der Waals surface area contributed by atoms with Crippen LogP contribution in [0.4, 0.5) is 0 Å². The molecule has 3 aromatic carbocycles. The molecule has 3 aromatic rings. The van der Waals surface area contributed by atoms with Gasteiger partial charge in [0.15, 0.2) is 10.9 Å². The number of hydrogen-bond acceptors (Lipinski definition) is 3. The Morgan fingerprint density at radius 2 is 1.47 bits per heavy atom. The Balaban J connectivity index is 1.37. The molecule has 160 valence electrons. The number of benzene rings is 3. The molecule has 0 unspecified atom stereocenters. The molecule has 30 heavy (non-hydrogen) atoms. The van der Waals surface area contributed by atoms with Gasteiger partial charge in [-0.15, -0.1) is 0 Å². The lowest BCUT2D eigenvalue weighted by Crippen LogP contribution is -2.45. The molecule has 3 N–H and O–H groups in total. The molecule has 0 aromatic heterocycles. The van der Waals surface area contributed by atoms with Crippen LogP contribution in [0.15, 0.2) is 54.6 Å². The van der Waals surface area contributed by atoms with Gasteiger partial charge in [0.05, 0.1) is 0 Å². The largest absolute Gasteiger partial charge is 0.388 e. The second-order valence-corrected chi connectivity index (χ2v) is 8.14. The summed E-state index contributed by atoms with van der Waals surface area (Å²) in [5.74, 6) is 0.761. The van der Waals surface area contributed by atoms with Gasteiger partial charge in [-0.3, -0.25) is 5.43 Å². The Morgan fingerprint density at radius 3 is 2.23 bits per heavy atom. The molecule has 0 radical (unpaired) electrons. The van der Waals surface area contributed by atoms with Crippen molar-refractivity contribution in [3.8, 4) is 5.75 Å². The van der Waals surface area contributed by atoms with E-state index in [2.05, 4.69) is 59.7 Å². The molecule has 0 spiro atoms. The van der Waals surface area contributed by atoms with E-state index in [4.69, 9.17) is 17.1 Å². The van der Waals surface area contributed by atoms with Crippen LogP contribution < -0.4 is 21.2 Å². The molecule has 0 aliphatic heterocycles. The van der Waals surface area contributed by atoms with E-state index in [0.29, 0.717) is 5.11 Å². The molecular weight excluding hydrogens is 390 g/mol. The molecule has 0 saturated carbocycles. The maximum absolute atomic E-state index is 5.74. The van der Waals surface area contributed by atoms with Crippen molar-refractivity contribution in [1.29, 1.82) is 0 Å². The monoisotopic (exact) mass is 423 g/mol. The SMILES string of the molecule is CCCCCCCCCCNC(=S)NNOc1cccc2cc3ccccc3cc12. The zero-order valence-electron chi connectivity index (χ0n) is 17.9. The van der Waals surface area contributed by atoms with Crippen LogP contribution in [0.5, 0.6) is 5.75 Å². The molecule has 0 aliphatic carbocycles. The molecular formula is C25H33N3OS. The van der Waals surface area contributed by atoms with E-state index in [1.54, 1.807) is 0 Å². The highest BCUT2D eigenvalue weighted by Gasteiger charge is 2.05. The maximum Gasteiger partial charge on any atom is 0.183 e. The highest BCUT2D eigenvalue weighted by molar-refractivity contribution is 7.80. The predicted octanol–water partition coefficient (Wildman–Crippen LogP) is 6.40. The van der Waals surface area contributed by atoms with Crippen molar-refractivity contribution < 1.29 is 4.84 Å². The van der Waals surface area contributed by atoms with Gasteiger partial charge >= 0.3 is 0 Å². The Morgan fingerprint density at radius 1 is 0.800 bits per heavy atom. The molecule has 0 aliphatic rings. The lowest BCUT2D eigenvalue weighted by molar-refractivity contribution is 0.176. The Bertz CT molecular complexity index is 944. The summed E-state index contributed by atoms with van der Waals surface area (Å²) in [6.07, 6.45) is 10.5. The number of hydrazine groups is 1. The van der Waals surface area contributed by atoms with Crippen molar-refractivity contribution in [2.75, 3.05) is 6.54 Å². The molecule has 0 amide bonds. The minimum absolute atomic E-state index is 0.545. The van der Waals surface area contributed by atoms with Gasteiger partial charge in [-0.25, -0.2) is 0 Å². The van der Waals surface area contributed by atoms with Gasteiger partial charge in [0.1, 0.15) is 0 Å². The van der Waals surface area contributed by atoms with Gasteiger partial charge in [0.2, 0.25) is 0 Å². The maximum atomic E-state index is 5.74. The summed E-state index contributed by atoms with van der Waals surface area (Å²) in [6, 6.07) is 18.7. The van der Waals surface area contributed by atoms with Gasteiger partial charge in [-0.1, -0.05) is 93.9 Å². The summed E-state index contributed by atoms with van der Waals surface area (Å²) in [5, 5.41) is 8.38. The quantitative estimate of drug-likeness (QED) is 0.136. The van der Waals surface area contributed by atoms with Crippen molar-refractivity contribution in [3.63, 3.8) is 0 Å². The molecule has 0 atom stereocenters. The summed E-state index contributed by atoms with van der Waals surface area (Å²) in [4.78, 5) is 5.74. The standard InChI is InChI=1S/C25H33N3OS/c1-2-3-4-5-6-7-8-11-17-26-25(30)27-28-29-24-16-12-15-22-18-20-13-9-10-14-21(20)19-23(22)24/h9-10,12-16,18-19,28H,2-8,11,17H2,1H3,(H2,26,27,30). The lowest BCUT2D eigenvalue weighted by atomic mass is 10.0. The van der Waals surface area contributed by atoms with Crippen molar-refractivity contribution in [2.24, 2.45) is 0 Å². The Hall–Kier alpha value is -2.37. The smallest absolute Gasteiger partial charge is 0.183 e. The van der Waals surface area contributed by atoms with Gasteiger partial charge < -0.3 is 10.2 Å². The van der Waals surface area contributed by atoms with E-state index in [0.717, 1.165) is 29.5 Å². The van der Waals surface area contributed by atoms with Crippen LogP contribution in [0.3, 0.4) is 0 Å². The number of unbranched alkanes of at least 4 members (excludes halogenated alkanes) is 7. The topological polar surface area (TPSA) is 45.3 Å². The van der Waals surface area contributed by atoms with Crippen LogP contribution in [0.2, 0.25) is 0 Å². The van der Waals surface area contributed by atoms with Crippen LogP contribution >= 0.6 is 12.2 Å². The normalized spacial score (nSPS) is 11.0. The van der Waals surface area contributed by atoms with E-state index < -0.39 is 0 Å². The van der Waals surface area contributed by atoms with Crippen LogP contribution in [0.1, 0.15) is 58.3 Å². The zero-order chi connectivity index (χ0) is 21.0. The van der Waals surface area contributed by atoms with Gasteiger partial charge in [0, 0.05) is 11.9 Å². The summed E-state index contributed by atoms with van der Waals surface area (Å²) >= 11 is 5.31. The van der Waals surface area contributed by atoms with E-state index in [-0.39, 0.29) is 0 Å². The fraction of sp³-hybridized carbons (Fsp3) is 0.400. The first kappa shape index (κ1) is 22.3. The highest BCUT2D eigenvalue weighted by atomic mass is 32.1. The van der Waals surface area contributed by atoms with Crippen LogP contribution in [0.25, 0.3) is 21.5 Å². The minimum Gasteiger partial charge on any atom is -0.388 e. The second-order valence-electron chi connectivity index (χ2n) is 7.74. The van der Waals surface area contributed by atoms with Crippen molar-refractivity contribution in [3.05, 3.63) is 54.6 Å². The zero-order valence-corrected chi connectivity index (χ0v) is 18.7. The van der Waals surface area contributed by atoms with E-state index in [1.807, 2.05) is 18.2 Å². The first-order chi connectivity index (χ1) is 14.8. The Labute approximate surface area is 185 Å². The molecule has 0 heterocycles. The van der Waals surface area contributed by atoms with E-state index in [1.165, 1.54) is 55.7 Å². The molecule has 0 bridgehead atoms. The molecule has 0 fully saturated rings. The van der Waals surface area contributed by atoms with Crippen LogP contribution in [0, 0.1) is 0 Å². The molecule has 0 saturated heterocycles. The summed E-state index contributed by atoms with van der Waals surface area (Å²) in [7, 11) is 0. The number of fused-ring (bicyclic) bond motifs is 2. The summed E-state index contributed by atoms with van der Waals surface area (Å²) in [6.45, 7) is 3.13. The lowest BCUT2D eigenvalue weighted by Gasteiger charge is -2.13. The van der Waals surface area contributed by atoms with Crippen LogP contribution in [-0.4, -0.2) is 11.7 Å². The van der Waals surface area contributed by atoms with Gasteiger partial charge in [-0.05, 0) is 53.0 Å². The minimum atomic E-state index is 0.545. The fourth-order valence-electron chi connectivity index (χ4n) is 3.66. The number of hydrogen-bond donors (Lipinski definition) is 3. The first-order valence-electron chi connectivity index (χ1n) is 11.1. The molecule has 5 heteroatoms.